The lowest BCUT2D eigenvalue weighted by Gasteiger charge is -2.12. The van der Waals surface area contributed by atoms with Crippen molar-refractivity contribution in [2.75, 3.05) is 0 Å². The van der Waals surface area contributed by atoms with Crippen molar-refractivity contribution in [1.82, 2.24) is 9.97 Å². The highest BCUT2D eigenvalue weighted by Crippen LogP contribution is 2.29. The van der Waals surface area contributed by atoms with Crippen LogP contribution >= 0.6 is 11.6 Å². The number of benzene rings is 1. The van der Waals surface area contributed by atoms with Crippen molar-refractivity contribution in [2.45, 2.75) is 33.6 Å². The molecule has 1 heterocycles. The molecule has 0 bridgehead atoms. The number of rotatable bonds is 4. The summed E-state index contributed by atoms with van der Waals surface area (Å²) in [6.45, 7) is 5.62. The fourth-order valence-electron chi connectivity index (χ4n) is 1.78. The van der Waals surface area contributed by atoms with Crippen LogP contribution in [-0.2, 0) is 6.42 Å². The predicted octanol–water partition coefficient (Wildman–Crippen LogP) is 4.63. The zero-order valence-electron chi connectivity index (χ0n) is 11.7. The summed E-state index contributed by atoms with van der Waals surface area (Å²) in [5.41, 5.74) is 1.38. The molecule has 0 unspecified atom stereocenters. The first-order valence-corrected chi connectivity index (χ1v) is 6.86. The quantitative estimate of drug-likeness (QED) is 0.771. The Labute approximate surface area is 122 Å². The summed E-state index contributed by atoms with van der Waals surface area (Å²) in [5, 5.41) is 0.387. The summed E-state index contributed by atoms with van der Waals surface area (Å²) in [6, 6.07) is 4.35. The molecule has 0 atom stereocenters. The topological polar surface area (TPSA) is 35.0 Å². The SMILES string of the molecule is CCCc1nc(Cl)c(C)c(Oc2ccc(F)cc2C)n1. The summed E-state index contributed by atoms with van der Waals surface area (Å²) in [4.78, 5) is 8.59. The summed E-state index contributed by atoms with van der Waals surface area (Å²) < 4.78 is 18.9. The van der Waals surface area contributed by atoms with Gasteiger partial charge in [0.15, 0.2) is 0 Å². The lowest BCUT2D eigenvalue weighted by molar-refractivity contribution is 0.449. The first kappa shape index (κ1) is 14.7. The second-order valence-corrected chi connectivity index (χ2v) is 4.98. The van der Waals surface area contributed by atoms with Crippen LogP contribution < -0.4 is 4.74 Å². The first-order chi connectivity index (χ1) is 9.51. The van der Waals surface area contributed by atoms with E-state index in [1.807, 2.05) is 6.92 Å². The summed E-state index contributed by atoms with van der Waals surface area (Å²) in [6.07, 6.45) is 1.66. The van der Waals surface area contributed by atoms with Crippen LogP contribution in [0.15, 0.2) is 18.2 Å². The largest absolute Gasteiger partial charge is 0.438 e. The molecule has 0 fully saturated rings. The Morgan fingerprint density at radius 2 is 2.00 bits per heavy atom. The van der Waals surface area contributed by atoms with Gasteiger partial charge in [-0.05, 0) is 44.0 Å². The van der Waals surface area contributed by atoms with Gasteiger partial charge in [-0.2, -0.15) is 4.98 Å². The second kappa shape index (κ2) is 6.18. The van der Waals surface area contributed by atoms with Gasteiger partial charge < -0.3 is 4.74 Å². The van der Waals surface area contributed by atoms with Gasteiger partial charge >= 0.3 is 0 Å². The molecule has 1 aromatic carbocycles. The van der Waals surface area contributed by atoms with E-state index in [4.69, 9.17) is 16.3 Å². The molecule has 0 aliphatic carbocycles. The van der Waals surface area contributed by atoms with E-state index >= 15 is 0 Å². The van der Waals surface area contributed by atoms with E-state index in [-0.39, 0.29) is 5.82 Å². The maximum atomic E-state index is 13.1. The average molecular weight is 295 g/mol. The van der Waals surface area contributed by atoms with Gasteiger partial charge in [-0.15, -0.1) is 0 Å². The molecule has 2 aromatic rings. The lowest BCUT2D eigenvalue weighted by atomic mass is 10.2. The third-order valence-corrected chi connectivity index (χ3v) is 3.27. The predicted molar refractivity (Wildman–Crippen MR) is 77.0 cm³/mol. The van der Waals surface area contributed by atoms with E-state index in [2.05, 4.69) is 9.97 Å². The van der Waals surface area contributed by atoms with Crippen molar-refractivity contribution in [3.63, 3.8) is 0 Å². The van der Waals surface area contributed by atoms with E-state index in [9.17, 15) is 4.39 Å². The molecule has 3 nitrogen and oxygen atoms in total. The minimum Gasteiger partial charge on any atom is -0.438 e. The van der Waals surface area contributed by atoms with Gasteiger partial charge in [-0.25, -0.2) is 9.37 Å². The standard InChI is InChI=1S/C15H16ClFN2O/c1-4-5-13-18-14(16)10(3)15(19-13)20-12-7-6-11(17)8-9(12)2/h6-8H,4-5H2,1-3H3. The molecule has 5 heteroatoms. The zero-order chi connectivity index (χ0) is 14.7. The first-order valence-electron chi connectivity index (χ1n) is 6.48. The van der Waals surface area contributed by atoms with Crippen molar-refractivity contribution in [2.24, 2.45) is 0 Å². The van der Waals surface area contributed by atoms with Gasteiger partial charge in [0.05, 0.1) is 0 Å². The third kappa shape index (κ3) is 3.25. The number of aromatic nitrogens is 2. The molecule has 1 aromatic heterocycles. The molecule has 2 rings (SSSR count). The molecule has 0 N–H and O–H groups in total. The summed E-state index contributed by atoms with van der Waals surface area (Å²) in [7, 11) is 0. The maximum Gasteiger partial charge on any atom is 0.227 e. The molecule has 0 saturated heterocycles. The van der Waals surface area contributed by atoms with Crippen LogP contribution in [0.3, 0.4) is 0 Å². The monoisotopic (exact) mass is 294 g/mol. The Morgan fingerprint density at radius 1 is 1.25 bits per heavy atom. The third-order valence-electron chi connectivity index (χ3n) is 2.91. The highest BCUT2D eigenvalue weighted by atomic mass is 35.5. The molecule has 106 valence electrons. The average Bonchev–Trinajstić information content (AvgIpc) is 2.39. The minimum atomic E-state index is -0.293. The highest BCUT2D eigenvalue weighted by Gasteiger charge is 2.12. The van der Waals surface area contributed by atoms with Crippen LogP contribution in [0.4, 0.5) is 4.39 Å². The van der Waals surface area contributed by atoms with Gasteiger partial charge in [-0.1, -0.05) is 18.5 Å². The molecule has 0 aliphatic heterocycles. The molecule has 0 radical (unpaired) electrons. The van der Waals surface area contributed by atoms with Crippen LogP contribution in [0, 0.1) is 19.7 Å². The van der Waals surface area contributed by atoms with Crippen LogP contribution in [-0.4, -0.2) is 9.97 Å². The normalized spacial score (nSPS) is 10.7. The van der Waals surface area contributed by atoms with Crippen LogP contribution in [0.1, 0.15) is 30.3 Å². The van der Waals surface area contributed by atoms with Crippen molar-refractivity contribution in [1.29, 1.82) is 0 Å². The van der Waals surface area contributed by atoms with Gasteiger partial charge in [-0.3, -0.25) is 0 Å². The van der Waals surface area contributed by atoms with Crippen molar-refractivity contribution < 1.29 is 9.13 Å². The Balaban J connectivity index is 2.37. The number of ether oxygens (including phenoxy) is 1. The molecular weight excluding hydrogens is 279 g/mol. The van der Waals surface area contributed by atoms with Crippen LogP contribution in [0.5, 0.6) is 11.6 Å². The molecule has 20 heavy (non-hydrogen) atoms. The minimum absolute atomic E-state index is 0.293. The van der Waals surface area contributed by atoms with Gasteiger partial charge in [0.1, 0.15) is 22.5 Å². The van der Waals surface area contributed by atoms with Crippen LogP contribution in [0.25, 0.3) is 0 Å². The van der Waals surface area contributed by atoms with Crippen molar-refractivity contribution in [3.8, 4) is 11.6 Å². The fourth-order valence-corrected chi connectivity index (χ4v) is 1.96. The second-order valence-electron chi connectivity index (χ2n) is 4.62. The fraction of sp³-hybridized carbons (Fsp3) is 0.333. The van der Waals surface area contributed by atoms with Gasteiger partial charge in [0.2, 0.25) is 5.88 Å². The van der Waals surface area contributed by atoms with Crippen LogP contribution in [0.2, 0.25) is 5.15 Å². The number of hydrogen-bond donors (Lipinski definition) is 0. The Morgan fingerprint density at radius 3 is 2.65 bits per heavy atom. The number of hydrogen-bond acceptors (Lipinski definition) is 3. The summed E-state index contributed by atoms with van der Waals surface area (Å²) in [5.74, 6) is 1.34. The molecule has 0 amide bonds. The van der Waals surface area contributed by atoms with E-state index in [1.165, 1.54) is 12.1 Å². The van der Waals surface area contributed by atoms with Gasteiger partial charge in [0.25, 0.3) is 0 Å². The highest BCUT2D eigenvalue weighted by molar-refractivity contribution is 6.30. The number of halogens is 2. The summed E-state index contributed by atoms with van der Waals surface area (Å²) >= 11 is 6.09. The molecular formula is C15H16ClFN2O. The Hall–Kier alpha value is -1.68. The zero-order valence-corrected chi connectivity index (χ0v) is 12.5. The van der Waals surface area contributed by atoms with E-state index in [0.717, 1.165) is 12.8 Å². The molecule has 0 spiro atoms. The van der Waals surface area contributed by atoms with Crippen molar-refractivity contribution >= 4 is 11.6 Å². The van der Waals surface area contributed by atoms with E-state index < -0.39 is 0 Å². The maximum absolute atomic E-state index is 13.1. The van der Waals surface area contributed by atoms with E-state index in [1.54, 1.807) is 19.9 Å². The molecule has 0 aliphatic rings. The van der Waals surface area contributed by atoms with E-state index in [0.29, 0.717) is 33.7 Å². The van der Waals surface area contributed by atoms with Gasteiger partial charge in [0, 0.05) is 12.0 Å². The molecule has 0 saturated carbocycles. The number of aryl methyl sites for hydroxylation is 2. The lowest BCUT2D eigenvalue weighted by Crippen LogP contribution is -2.01. The smallest absolute Gasteiger partial charge is 0.227 e. The van der Waals surface area contributed by atoms with Crippen molar-refractivity contribution in [3.05, 3.63) is 46.1 Å². The Kier molecular flexibility index (Phi) is 4.55. The Bertz CT molecular complexity index is 632. The number of nitrogens with zero attached hydrogens (tertiary/aromatic N) is 2.